The fraction of sp³-hybridized carbons (Fsp3) is 0.0435. The van der Waals surface area contributed by atoms with Gasteiger partial charge in [-0.05, 0) is 41.8 Å². The molecule has 0 amide bonds. The Labute approximate surface area is 194 Å². The van der Waals surface area contributed by atoms with Gasteiger partial charge in [0.05, 0.1) is 12.0 Å². The number of benzene rings is 2. The molecule has 0 saturated carbocycles. The highest BCUT2D eigenvalue weighted by atomic mass is 32.2. The van der Waals surface area contributed by atoms with Crippen LogP contribution in [0.5, 0.6) is 5.75 Å². The molecule has 0 spiro atoms. The molecule has 164 valence electrons. The first-order chi connectivity index (χ1) is 16.1. The number of methoxy groups -OCH3 is 1. The molecule has 2 aromatic carbocycles. The highest BCUT2D eigenvalue weighted by molar-refractivity contribution is 7.93. The van der Waals surface area contributed by atoms with Gasteiger partial charge >= 0.3 is 0 Å². The Morgan fingerprint density at radius 1 is 0.909 bits per heavy atom. The summed E-state index contributed by atoms with van der Waals surface area (Å²) in [4.78, 5) is 16.7. The molecule has 0 N–H and O–H groups in total. The van der Waals surface area contributed by atoms with E-state index in [2.05, 4.69) is 19.9 Å². The van der Waals surface area contributed by atoms with Gasteiger partial charge in [0.25, 0.3) is 10.0 Å². The van der Waals surface area contributed by atoms with Crippen molar-refractivity contribution < 1.29 is 13.2 Å². The highest BCUT2D eigenvalue weighted by Gasteiger charge is 2.30. The molecule has 33 heavy (non-hydrogen) atoms. The Hall–Kier alpha value is -3.89. The Kier molecular flexibility index (Phi) is 5.45. The zero-order valence-electron chi connectivity index (χ0n) is 17.4. The first-order valence-electron chi connectivity index (χ1n) is 9.81. The summed E-state index contributed by atoms with van der Waals surface area (Å²) in [6.07, 6.45) is 7.83. The van der Waals surface area contributed by atoms with Gasteiger partial charge in [0, 0.05) is 47.2 Å². The number of rotatable bonds is 6. The quantitative estimate of drug-likeness (QED) is 0.351. The van der Waals surface area contributed by atoms with Gasteiger partial charge in [-0.2, -0.15) is 0 Å². The van der Waals surface area contributed by atoms with Gasteiger partial charge < -0.3 is 4.74 Å². The lowest BCUT2D eigenvalue weighted by molar-refractivity contribution is 0.416. The van der Waals surface area contributed by atoms with Crippen molar-refractivity contribution in [1.29, 1.82) is 0 Å². The minimum absolute atomic E-state index is 0.117. The van der Waals surface area contributed by atoms with Crippen molar-refractivity contribution in [2.24, 2.45) is 0 Å². The molecule has 8 nitrogen and oxygen atoms in total. The number of ether oxygens (including phenoxy) is 1. The largest absolute Gasteiger partial charge is 0.495 e. The number of sulfonamides is 1. The van der Waals surface area contributed by atoms with Crippen molar-refractivity contribution in [1.82, 2.24) is 19.9 Å². The molecule has 3 aromatic heterocycles. The predicted octanol–water partition coefficient (Wildman–Crippen LogP) is 4.68. The Bertz CT molecular complexity index is 1520. The number of anilines is 2. The van der Waals surface area contributed by atoms with Gasteiger partial charge in [-0.3, -0.25) is 4.98 Å². The van der Waals surface area contributed by atoms with Crippen molar-refractivity contribution in [2.45, 2.75) is 4.90 Å². The topological polar surface area (TPSA) is 98.2 Å². The fourth-order valence-electron chi connectivity index (χ4n) is 3.45. The molecule has 3 heterocycles. The summed E-state index contributed by atoms with van der Waals surface area (Å²) < 4.78 is 34.7. The van der Waals surface area contributed by atoms with Crippen molar-refractivity contribution in [3.05, 3.63) is 85.0 Å². The second-order valence-electron chi connectivity index (χ2n) is 6.95. The minimum Gasteiger partial charge on any atom is -0.495 e. The van der Waals surface area contributed by atoms with Crippen LogP contribution in [0, 0.1) is 0 Å². The lowest BCUT2D eigenvalue weighted by atomic mass is 10.2. The molecule has 0 fully saturated rings. The highest BCUT2D eigenvalue weighted by Crippen LogP contribution is 2.40. The van der Waals surface area contributed by atoms with E-state index in [4.69, 9.17) is 4.74 Å². The van der Waals surface area contributed by atoms with Gasteiger partial charge in [0.2, 0.25) is 0 Å². The van der Waals surface area contributed by atoms with Gasteiger partial charge in [-0.25, -0.2) is 27.7 Å². The van der Waals surface area contributed by atoms with E-state index in [1.54, 1.807) is 55.0 Å². The number of nitrogens with zero attached hydrogens (tertiary/aromatic N) is 5. The second-order valence-corrected chi connectivity index (χ2v) is 9.63. The molecule has 5 rings (SSSR count). The fourth-order valence-corrected chi connectivity index (χ4v) is 5.58. The van der Waals surface area contributed by atoms with E-state index in [1.165, 1.54) is 41.3 Å². The average Bonchev–Trinajstić information content (AvgIpc) is 3.40. The van der Waals surface area contributed by atoms with Crippen LogP contribution in [0.3, 0.4) is 0 Å². The van der Waals surface area contributed by atoms with Crippen molar-refractivity contribution in [3.63, 3.8) is 0 Å². The Morgan fingerprint density at radius 3 is 2.55 bits per heavy atom. The van der Waals surface area contributed by atoms with Gasteiger partial charge in [0.15, 0.2) is 5.82 Å². The van der Waals surface area contributed by atoms with E-state index < -0.39 is 10.0 Å². The third kappa shape index (κ3) is 3.90. The molecular weight excluding hydrogens is 458 g/mol. The molecular formula is C23H17N5O3S2. The molecule has 0 aliphatic rings. The summed E-state index contributed by atoms with van der Waals surface area (Å²) in [5.74, 6) is 0.565. The van der Waals surface area contributed by atoms with Gasteiger partial charge in [-0.1, -0.05) is 6.07 Å². The number of pyridine rings is 1. The van der Waals surface area contributed by atoms with Crippen molar-refractivity contribution in [2.75, 3.05) is 11.4 Å². The summed E-state index contributed by atoms with van der Waals surface area (Å²) in [7, 11) is -2.57. The van der Waals surface area contributed by atoms with Gasteiger partial charge in [0.1, 0.15) is 22.8 Å². The molecule has 0 bridgehead atoms. The van der Waals surface area contributed by atoms with E-state index in [1.807, 2.05) is 11.4 Å². The second kappa shape index (κ2) is 8.57. The van der Waals surface area contributed by atoms with Crippen LogP contribution in [0.15, 0.2) is 89.9 Å². The van der Waals surface area contributed by atoms with Crippen LogP contribution >= 0.6 is 11.3 Å². The molecule has 0 unspecified atom stereocenters. The average molecular weight is 476 g/mol. The van der Waals surface area contributed by atoms with E-state index in [0.717, 1.165) is 21.3 Å². The third-order valence-corrected chi connectivity index (χ3v) is 7.54. The molecule has 0 aliphatic heterocycles. The number of hydrogen-bond acceptors (Lipinski definition) is 8. The SMILES string of the molecule is COc1cc(-c2nccs2)ccc1N(c1ccncn1)S(=O)(=O)c1ccc2cnccc2c1. The first kappa shape index (κ1) is 21.0. The Balaban J connectivity index is 1.70. The van der Waals surface area contributed by atoms with E-state index in [-0.39, 0.29) is 10.7 Å². The summed E-state index contributed by atoms with van der Waals surface area (Å²) in [6.45, 7) is 0. The van der Waals surface area contributed by atoms with Crippen LogP contribution < -0.4 is 9.04 Å². The summed E-state index contributed by atoms with van der Waals surface area (Å²) in [5, 5.41) is 4.29. The zero-order valence-corrected chi connectivity index (χ0v) is 19.0. The van der Waals surface area contributed by atoms with E-state index in [9.17, 15) is 8.42 Å². The zero-order chi connectivity index (χ0) is 22.8. The van der Waals surface area contributed by atoms with E-state index in [0.29, 0.717) is 11.4 Å². The summed E-state index contributed by atoms with van der Waals surface area (Å²) >= 11 is 1.49. The van der Waals surface area contributed by atoms with Crippen molar-refractivity contribution >= 4 is 43.6 Å². The number of hydrogen-bond donors (Lipinski definition) is 0. The van der Waals surface area contributed by atoms with Crippen LogP contribution in [-0.4, -0.2) is 35.5 Å². The lowest BCUT2D eigenvalue weighted by Crippen LogP contribution is -2.27. The van der Waals surface area contributed by atoms with Crippen LogP contribution in [0.2, 0.25) is 0 Å². The maximum atomic E-state index is 13.9. The molecule has 10 heteroatoms. The van der Waals surface area contributed by atoms with Crippen LogP contribution in [-0.2, 0) is 10.0 Å². The number of fused-ring (bicyclic) bond motifs is 1. The van der Waals surface area contributed by atoms with Crippen LogP contribution in [0.1, 0.15) is 0 Å². The Morgan fingerprint density at radius 2 is 1.79 bits per heavy atom. The monoisotopic (exact) mass is 475 g/mol. The molecule has 5 aromatic rings. The molecule has 0 saturated heterocycles. The normalized spacial score (nSPS) is 11.4. The van der Waals surface area contributed by atoms with Gasteiger partial charge in [-0.15, -0.1) is 11.3 Å². The molecule has 0 radical (unpaired) electrons. The number of aromatic nitrogens is 4. The smallest absolute Gasteiger partial charge is 0.270 e. The molecule has 0 aliphatic carbocycles. The summed E-state index contributed by atoms with van der Waals surface area (Å²) in [6, 6.07) is 13.5. The van der Waals surface area contributed by atoms with Crippen molar-refractivity contribution in [3.8, 4) is 16.3 Å². The lowest BCUT2D eigenvalue weighted by Gasteiger charge is -2.25. The predicted molar refractivity (Wildman–Crippen MR) is 127 cm³/mol. The van der Waals surface area contributed by atoms with Crippen LogP contribution in [0.4, 0.5) is 11.5 Å². The number of thiazole rings is 1. The minimum atomic E-state index is -4.07. The maximum Gasteiger partial charge on any atom is 0.270 e. The summed E-state index contributed by atoms with van der Waals surface area (Å²) in [5.41, 5.74) is 1.15. The first-order valence-corrected chi connectivity index (χ1v) is 12.1. The van der Waals surface area contributed by atoms with Crippen LogP contribution in [0.25, 0.3) is 21.3 Å². The standard InChI is InChI=1S/C23H17N5O3S2/c1-31-21-13-17(23-26-10-11-32-23)3-5-20(21)28(22-7-9-25-15-27-22)33(29,30)19-4-2-18-14-24-8-6-16(18)12-19/h2-15H,1H3. The maximum absolute atomic E-state index is 13.9. The third-order valence-electron chi connectivity index (χ3n) is 5.00. The van der Waals surface area contributed by atoms with E-state index >= 15 is 0 Å². The molecule has 0 atom stereocenters.